The highest BCUT2D eigenvalue weighted by atomic mass is 31.2. The zero-order valence-corrected chi connectivity index (χ0v) is 17.2. The fourth-order valence-electron chi connectivity index (χ4n) is 2.54. The maximum atomic E-state index is 13.4. The van der Waals surface area contributed by atoms with Gasteiger partial charge in [0.2, 0.25) is 0 Å². The molecular weight excluding hydrogens is 407 g/mol. The van der Waals surface area contributed by atoms with Crippen molar-refractivity contribution in [2.75, 3.05) is 7.11 Å². The topological polar surface area (TPSA) is 91.3 Å². The molecule has 0 saturated heterocycles. The van der Waals surface area contributed by atoms with Gasteiger partial charge in [0.15, 0.2) is 11.5 Å². The lowest BCUT2D eigenvalue weighted by atomic mass is 10.2. The van der Waals surface area contributed by atoms with E-state index in [-0.39, 0.29) is 30.3 Å². The average Bonchev–Trinajstić information content (AvgIpc) is 2.78. The van der Waals surface area contributed by atoms with Crippen LogP contribution in [-0.2, 0) is 26.8 Å². The Morgan fingerprint density at radius 3 is 1.83 bits per heavy atom. The Morgan fingerprint density at radius 2 is 1.37 bits per heavy atom. The van der Waals surface area contributed by atoms with Gasteiger partial charge >= 0.3 is 13.8 Å². The van der Waals surface area contributed by atoms with E-state index < -0.39 is 13.8 Å². The summed E-state index contributed by atoms with van der Waals surface area (Å²) in [4.78, 5) is 11.2. The minimum atomic E-state index is -4.08. The first-order valence-electron chi connectivity index (χ1n) is 9.07. The lowest BCUT2D eigenvalue weighted by molar-refractivity contribution is 0.0696. The normalized spacial score (nSPS) is 11.1. The molecule has 0 amide bonds. The van der Waals surface area contributed by atoms with E-state index in [9.17, 15) is 9.36 Å². The monoisotopic (exact) mass is 428 g/mol. The van der Waals surface area contributed by atoms with Gasteiger partial charge in [0, 0.05) is 0 Å². The summed E-state index contributed by atoms with van der Waals surface area (Å²) in [5.74, 6) is -0.975. The van der Waals surface area contributed by atoms with Crippen molar-refractivity contribution in [2.45, 2.75) is 13.2 Å². The van der Waals surface area contributed by atoms with Gasteiger partial charge in [0.1, 0.15) is 0 Å². The Hall–Kier alpha value is -3.12. The Morgan fingerprint density at radius 1 is 0.833 bits per heavy atom. The Bertz CT molecular complexity index is 975. The molecule has 3 rings (SSSR count). The van der Waals surface area contributed by atoms with Crippen LogP contribution in [0.15, 0.2) is 78.9 Å². The van der Waals surface area contributed by atoms with Crippen LogP contribution < -0.4 is 9.26 Å². The zero-order valence-electron chi connectivity index (χ0n) is 16.3. The summed E-state index contributed by atoms with van der Waals surface area (Å²) in [6.07, 6.45) is 0. The van der Waals surface area contributed by atoms with E-state index >= 15 is 0 Å². The molecule has 0 aliphatic rings. The van der Waals surface area contributed by atoms with Crippen LogP contribution in [0.2, 0.25) is 0 Å². The fraction of sp³-hybridized carbons (Fsp3) is 0.136. The van der Waals surface area contributed by atoms with Gasteiger partial charge in [-0.2, -0.15) is 0 Å². The molecule has 0 aliphatic heterocycles. The molecule has 7 nitrogen and oxygen atoms in total. The predicted molar refractivity (Wildman–Crippen MR) is 111 cm³/mol. The van der Waals surface area contributed by atoms with Crippen LogP contribution in [0.5, 0.6) is 11.5 Å². The molecule has 0 bridgehead atoms. The quantitative estimate of drug-likeness (QED) is 0.437. The summed E-state index contributed by atoms with van der Waals surface area (Å²) in [5.41, 5.74) is 1.58. The van der Waals surface area contributed by atoms with Gasteiger partial charge in [-0.25, -0.2) is 9.36 Å². The van der Waals surface area contributed by atoms with Gasteiger partial charge in [-0.05, 0) is 29.3 Å². The summed E-state index contributed by atoms with van der Waals surface area (Å²) >= 11 is 0. The van der Waals surface area contributed by atoms with Gasteiger partial charge in [-0.1, -0.05) is 60.7 Å². The summed E-state index contributed by atoms with van der Waals surface area (Å²) in [6, 6.07) is 22.3. The van der Waals surface area contributed by atoms with Gasteiger partial charge in [0.25, 0.3) is 0 Å². The van der Waals surface area contributed by atoms with E-state index in [1.54, 1.807) is 0 Å². The summed E-state index contributed by atoms with van der Waals surface area (Å²) in [5, 5.41) is 9.15. The zero-order chi connectivity index (χ0) is 21.4. The highest BCUT2D eigenvalue weighted by molar-refractivity contribution is 7.48. The third-order valence-corrected chi connectivity index (χ3v) is 5.40. The Labute approximate surface area is 174 Å². The first-order valence-corrected chi connectivity index (χ1v) is 10.5. The smallest absolute Gasteiger partial charge is 0.493 e. The maximum absolute atomic E-state index is 13.4. The van der Waals surface area contributed by atoms with E-state index in [2.05, 4.69) is 0 Å². The number of methoxy groups -OCH3 is 1. The van der Waals surface area contributed by atoms with Crippen LogP contribution >= 0.6 is 7.82 Å². The molecule has 3 aromatic carbocycles. The lowest BCUT2D eigenvalue weighted by Crippen LogP contribution is -2.05. The number of hydrogen-bond donors (Lipinski definition) is 1. The van der Waals surface area contributed by atoms with Crippen LogP contribution in [0.3, 0.4) is 0 Å². The van der Waals surface area contributed by atoms with Crippen LogP contribution in [0.4, 0.5) is 0 Å². The van der Waals surface area contributed by atoms with Gasteiger partial charge in [0.05, 0.1) is 25.9 Å². The van der Waals surface area contributed by atoms with Crippen molar-refractivity contribution in [3.8, 4) is 11.5 Å². The van der Waals surface area contributed by atoms with Crippen molar-refractivity contribution >= 4 is 13.8 Å². The number of rotatable bonds is 10. The second-order valence-electron chi connectivity index (χ2n) is 6.23. The minimum Gasteiger partial charge on any atom is -0.493 e. The van der Waals surface area contributed by atoms with Crippen molar-refractivity contribution in [1.29, 1.82) is 0 Å². The third-order valence-electron chi connectivity index (χ3n) is 4.09. The number of carboxylic acid groups (broad SMARTS) is 1. The second kappa shape index (κ2) is 10.1. The first-order chi connectivity index (χ1) is 14.5. The van der Waals surface area contributed by atoms with E-state index in [1.807, 2.05) is 60.7 Å². The highest BCUT2D eigenvalue weighted by Crippen LogP contribution is 2.52. The van der Waals surface area contributed by atoms with E-state index in [0.29, 0.717) is 0 Å². The number of hydrogen-bond acceptors (Lipinski definition) is 6. The molecule has 0 unspecified atom stereocenters. The van der Waals surface area contributed by atoms with Gasteiger partial charge in [-0.3, -0.25) is 9.05 Å². The van der Waals surface area contributed by atoms with E-state index in [0.717, 1.165) is 11.1 Å². The molecule has 0 aromatic heterocycles. The Kier molecular flexibility index (Phi) is 7.25. The number of phosphoric acid groups is 1. The predicted octanol–water partition coefficient (Wildman–Crippen LogP) is 5.31. The van der Waals surface area contributed by atoms with E-state index in [1.165, 1.54) is 25.3 Å². The molecule has 0 radical (unpaired) electrons. The third kappa shape index (κ3) is 5.94. The molecule has 8 heteroatoms. The standard InChI is InChI=1S/C22H21O7P/c1-26-21-14-19(22(23)24)12-13-20(21)29-30(25,27-15-17-8-4-2-5-9-17)28-16-18-10-6-3-7-11-18/h2-14H,15-16H2,1H3,(H,23,24). The summed E-state index contributed by atoms with van der Waals surface area (Å²) in [6.45, 7) is 0.00483. The lowest BCUT2D eigenvalue weighted by Gasteiger charge is -2.20. The minimum absolute atomic E-state index is 0.00241. The van der Waals surface area contributed by atoms with Crippen LogP contribution in [0.1, 0.15) is 21.5 Å². The fourth-order valence-corrected chi connectivity index (χ4v) is 3.73. The number of benzene rings is 3. The molecular formula is C22H21O7P. The number of aromatic carboxylic acids is 1. The summed E-state index contributed by atoms with van der Waals surface area (Å²) < 4.78 is 35.3. The number of phosphoric ester groups is 1. The maximum Gasteiger partial charge on any atom is 0.530 e. The molecule has 3 aromatic rings. The highest BCUT2D eigenvalue weighted by Gasteiger charge is 2.30. The summed E-state index contributed by atoms with van der Waals surface area (Å²) in [7, 11) is -2.72. The second-order valence-corrected chi connectivity index (χ2v) is 7.82. The van der Waals surface area contributed by atoms with Crippen LogP contribution in [-0.4, -0.2) is 18.2 Å². The average molecular weight is 428 g/mol. The Balaban J connectivity index is 1.82. The first kappa shape index (κ1) is 21.6. The van der Waals surface area contributed by atoms with E-state index in [4.69, 9.17) is 23.4 Å². The molecule has 0 atom stereocenters. The van der Waals surface area contributed by atoms with Crippen molar-refractivity contribution in [1.82, 2.24) is 0 Å². The van der Waals surface area contributed by atoms with Crippen LogP contribution in [0, 0.1) is 0 Å². The van der Waals surface area contributed by atoms with Gasteiger partial charge < -0.3 is 14.4 Å². The molecule has 0 heterocycles. The number of ether oxygens (including phenoxy) is 1. The van der Waals surface area contributed by atoms with Crippen molar-refractivity contribution in [3.05, 3.63) is 95.6 Å². The molecule has 0 fully saturated rings. The van der Waals surface area contributed by atoms with Gasteiger partial charge in [-0.15, -0.1) is 0 Å². The number of carboxylic acids is 1. The molecule has 0 saturated carbocycles. The SMILES string of the molecule is COc1cc(C(=O)O)ccc1OP(=O)(OCc1ccccc1)OCc1ccccc1. The van der Waals surface area contributed by atoms with Crippen molar-refractivity contribution in [3.63, 3.8) is 0 Å². The molecule has 1 N–H and O–H groups in total. The molecule has 0 spiro atoms. The molecule has 30 heavy (non-hydrogen) atoms. The van der Waals surface area contributed by atoms with Crippen molar-refractivity contribution < 1.29 is 32.8 Å². The largest absolute Gasteiger partial charge is 0.530 e. The number of carbonyl (C=O) groups is 1. The molecule has 156 valence electrons. The molecule has 0 aliphatic carbocycles. The van der Waals surface area contributed by atoms with Crippen molar-refractivity contribution in [2.24, 2.45) is 0 Å². The van der Waals surface area contributed by atoms with Crippen LogP contribution in [0.25, 0.3) is 0 Å².